The van der Waals surface area contributed by atoms with Crippen molar-refractivity contribution >= 4 is 32.8 Å². The number of aromatic amines is 1. The number of aromatic nitrogens is 2. The molecule has 222 valence electrons. The fourth-order valence-electron chi connectivity index (χ4n) is 4.54. The maximum atomic E-state index is 13.4. The minimum absolute atomic E-state index is 0.000654. The Morgan fingerprint density at radius 1 is 1.07 bits per heavy atom. The van der Waals surface area contributed by atoms with Crippen molar-refractivity contribution in [1.82, 2.24) is 20.2 Å². The van der Waals surface area contributed by atoms with Crippen LogP contribution in [0.3, 0.4) is 0 Å². The number of sulfonamides is 1. The number of imidazole rings is 1. The maximum Gasteiger partial charge on any atom is 0.238 e. The van der Waals surface area contributed by atoms with Crippen LogP contribution >= 0.6 is 0 Å². The Hall–Kier alpha value is -4.46. The fourth-order valence-corrected chi connectivity index (χ4v) is 5.08. The summed E-state index contributed by atoms with van der Waals surface area (Å²) in [7, 11) is -0.233. The first-order valence-electron chi connectivity index (χ1n) is 13.1. The second-order valence-corrected chi connectivity index (χ2v) is 12.5. The van der Waals surface area contributed by atoms with Crippen LogP contribution in [0.1, 0.15) is 31.4 Å². The van der Waals surface area contributed by atoms with Gasteiger partial charge in [-0.05, 0) is 95.0 Å². The van der Waals surface area contributed by atoms with E-state index >= 15 is 0 Å². The molecule has 0 aliphatic heterocycles. The van der Waals surface area contributed by atoms with E-state index in [-0.39, 0.29) is 50.7 Å². The highest BCUT2D eigenvalue weighted by Gasteiger charge is 2.32. The van der Waals surface area contributed by atoms with E-state index in [0.29, 0.717) is 28.7 Å². The highest BCUT2D eigenvalue weighted by molar-refractivity contribution is 7.89. The topological polar surface area (TPSA) is 212 Å². The smallest absolute Gasteiger partial charge is 0.238 e. The van der Waals surface area contributed by atoms with Gasteiger partial charge in [0.15, 0.2) is 0 Å². The molecular formula is C29H35N7O5S. The van der Waals surface area contributed by atoms with Crippen LogP contribution in [0.15, 0.2) is 53.4 Å². The monoisotopic (exact) mass is 593 g/mol. The van der Waals surface area contributed by atoms with Crippen molar-refractivity contribution in [3.63, 3.8) is 0 Å². The molecule has 0 atom stereocenters. The van der Waals surface area contributed by atoms with Crippen molar-refractivity contribution in [2.45, 2.75) is 30.6 Å². The van der Waals surface area contributed by atoms with Crippen LogP contribution in [0, 0.1) is 5.41 Å². The summed E-state index contributed by atoms with van der Waals surface area (Å²) in [6.45, 7) is 4.71. The predicted molar refractivity (Wildman–Crippen MR) is 162 cm³/mol. The first-order valence-corrected chi connectivity index (χ1v) is 14.7. The summed E-state index contributed by atoms with van der Waals surface area (Å²) in [5.41, 5.74) is 6.85. The second-order valence-electron chi connectivity index (χ2n) is 10.9. The fraction of sp³-hybridized carbons (Fsp3) is 0.276. The number of fused-ring (bicyclic) bond motifs is 1. The summed E-state index contributed by atoms with van der Waals surface area (Å²) in [6, 6.07) is 11.7. The number of aromatic hydroxyl groups is 2. The van der Waals surface area contributed by atoms with Crippen molar-refractivity contribution in [2.75, 3.05) is 27.2 Å². The molecule has 9 N–H and O–H groups in total. The number of hydrogen-bond donors (Lipinski definition) is 7. The van der Waals surface area contributed by atoms with E-state index in [1.165, 1.54) is 18.2 Å². The first kappa shape index (κ1) is 30.5. The number of nitrogens with zero attached hydrogens (tertiary/aromatic N) is 2. The van der Waals surface area contributed by atoms with Crippen molar-refractivity contribution in [2.24, 2.45) is 10.9 Å². The Morgan fingerprint density at radius 2 is 1.76 bits per heavy atom. The van der Waals surface area contributed by atoms with E-state index < -0.39 is 15.4 Å². The molecule has 4 rings (SSSR count). The molecule has 1 aromatic heterocycles. The van der Waals surface area contributed by atoms with Gasteiger partial charge in [-0.2, -0.15) is 0 Å². The van der Waals surface area contributed by atoms with Crippen LogP contribution in [0.25, 0.3) is 33.5 Å². The highest BCUT2D eigenvalue weighted by Crippen LogP contribution is 2.44. The Labute approximate surface area is 243 Å². The van der Waals surface area contributed by atoms with Crippen LogP contribution in [-0.2, 0) is 20.2 Å². The van der Waals surface area contributed by atoms with E-state index in [0.717, 1.165) is 19.0 Å². The van der Waals surface area contributed by atoms with Gasteiger partial charge in [0.05, 0.1) is 26.9 Å². The molecule has 0 unspecified atom stereocenters. The Kier molecular flexibility index (Phi) is 8.30. The SMILES string of the molecule is CN(C)CCCNC(=O)C(C)(C)c1cc(-c2nc3ccc(C(=N)N)cc3[nH]2)c(O)c(-c2cc(S(N)(=O)=O)ccc2O)c1. The van der Waals surface area contributed by atoms with Gasteiger partial charge in [0.2, 0.25) is 15.9 Å². The number of H-pyrrole nitrogens is 1. The first-order chi connectivity index (χ1) is 19.6. The number of nitrogens with one attached hydrogen (secondary N) is 3. The molecule has 0 aliphatic rings. The standard InChI is InChI=1S/C29H35N7O5S/c1-29(2,28(39)33-10-5-11-36(3)4)17-13-20(19-15-18(42(32,40)41)7-9-24(19)37)25(38)21(14-17)27-34-22-8-6-16(26(30)31)12-23(22)35-27/h6-9,12-15,37-38H,5,10-11H2,1-4H3,(H3,30,31)(H,33,39)(H,34,35)(H2,32,40,41). The number of carbonyl (C=O) groups is 1. The summed E-state index contributed by atoms with van der Waals surface area (Å²) in [5, 5.41) is 38.3. The zero-order valence-electron chi connectivity index (χ0n) is 23.8. The molecule has 0 aliphatic carbocycles. The van der Waals surface area contributed by atoms with Crippen LogP contribution < -0.4 is 16.2 Å². The van der Waals surface area contributed by atoms with Crippen LogP contribution in [0.4, 0.5) is 0 Å². The Morgan fingerprint density at radius 3 is 2.40 bits per heavy atom. The molecule has 0 saturated heterocycles. The number of nitrogens with two attached hydrogens (primary N) is 2. The normalized spacial score (nSPS) is 12.1. The zero-order chi connectivity index (χ0) is 31.0. The van der Waals surface area contributed by atoms with Gasteiger partial charge in [0.25, 0.3) is 0 Å². The van der Waals surface area contributed by atoms with E-state index in [4.69, 9.17) is 16.3 Å². The number of benzene rings is 3. The molecule has 0 bridgehead atoms. The number of carbonyl (C=O) groups excluding carboxylic acids is 1. The van der Waals surface area contributed by atoms with E-state index in [2.05, 4.69) is 15.3 Å². The number of amidine groups is 1. The average molecular weight is 594 g/mol. The van der Waals surface area contributed by atoms with E-state index in [9.17, 15) is 23.4 Å². The molecule has 1 heterocycles. The summed E-state index contributed by atoms with van der Waals surface area (Å²) < 4.78 is 24.2. The Bertz CT molecular complexity index is 1800. The van der Waals surface area contributed by atoms with Gasteiger partial charge in [-0.3, -0.25) is 10.2 Å². The molecule has 0 spiro atoms. The molecular weight excluding hydrogens is 558 g/mol. The van der Waals surface area contributed by atoms with Crippen LogP contribution in [0.2, 0.25) is 0 Å². The summed E-state index contributed by atoms with van der Waals surface area (Å²) in [6.07, 6.45) is 0.746. The second kappa shape index (κ2) is 11.4. The lowest BCUT2D eigenvalue weighted by molar-refractivity contribution is -0.125. The van der Waals surface area contributed by atoms with Crippen molar-refractivity contribution in [1.29, 1.82) is 5.41 Å². The van der Waals surface area contributed by atoms with Gasteiger partial charge < -0.3 is 31.1 Å². The number of rotatable bonds is 10. The summed E-state index contributed by atoms with van der Waals surface area (Å²) in [5.74, 6) is -0.752. The lowest BCUT2D eigenvalue weighted by Crippen LogP contribution is -2.41. The Balaban J connectivity index is 1.91. The van der Waals surface area contributed by atoms with Gasteiger partial charge in [-0.25, -0.2) is 18.5 Å². The van der Waals surface area contributed by atoms with E-state index in [1.807, 2.05) is 19.0 Å². The lowest BCUT2D eigenvalue weighted by Gasteiger charge is -2.26. The maximum absolute atomic E-state index is 13.4. The molecule has 0 radical (unpaired) electrons. The molecule has 4 aromatic rings. The van der Waals surface area contributed by atoms with Gasteiger partial charge in [0, 0.05) is 23.2 Å². The minimum Gasteiger partial charge on any atom is -0.507 e. The minimum atomic E-state index is -4.13. The van der Waals surface area contributed by atoms with Gasteiger partial charge in [-0.15, -0.1) is 0 Å². The highest BCUT2D eigenvalue weighted by atomic mass is 32.2. The third-order valence-electron chi connectivity index (χ3n) is 7.10. The number of hydrogen-bond acceptors (Lipinski definition) is 8. The van der Waals surface area contributed by atoms with Crippen molar-refractivity contribution in [3.8, 4) is 34.0 Å². The molecule has 1 amide bonds. The van der Waals surface area contributed by atoms with Gasteiger partial charge in [0.1, 0.15) is 23.2 Å². The van der Waals surface area contributed by atoms with Gasteiger partial charge in [-0.1, -0.05) is 0 Å². The zero-order valence-corrected chi connectivity index (χ0v) is 24.6. The number of nitrogen functional groups attached to an aromatic ring is 1. The number of primary sulfonamides is 1. The molecule has 0 fully saturated rings. The summed E-state index contributed by atoms with van der Waals surface area (Å²) in [4.78, 5) is 22.9. The molecule has 0 saturated carbocycles. The van der Waals surface area contributed by atoms with Crippen LogP contribution in [-0.4, -0.2) is 72.4 Å². The largest absolute Gasteiger partial charge is 0.507 e. The predicted octanol–water partition coefficient (Wildman–Crippen LogP) is 2.59. The number of amides is 1. The third kappa shape index (κ3) is 6.22. The van der Waals surface area contributed by atoms with Crippen molar-refractivity contribution < 1.29 is 23.4 Å². The van der Waals surface area contributed by atoms with E-state index in [1.54, 1.807) is 38.1 Å². The third-order valence-corrected chi connectivity index (χ3v) is 8.01. The van der Waals surface area contributed by atoms with Crippen LogP contribution in [0.5, 0.6) is 11.5 Å². The quantitative estimate of drug-likeness (QED) is 0.0823. The molecule has 12 nitrogen and oxygen atoms in total. The average Bonchev–Trinajstić information content (AvgIpc) is 3.34. The van der Waals surface area contributed by atoms with Crippen molar-refractivity contribution in [3.05, 3.63) is 59.7 Å². The molecule has 13 heteroatoms. The lowest BCUT2D eigenvalue weighted by atomic mass is 9.80. The number of phenolic OH excluding ortho intramolecular Hbond substituents is 2. The number of phenols is 2. The molecule has 42 heavy (non-hydrogen) atoms. The molecule has 3 aromatic carbocycles. The summed E-state index contributed by atoms with van der Waals surface area (Å²) >= 11 is 0. The van der Waals surface area contributed by atoms with Gasteiger partial charge >= 0.3 is 0 Å².